The van der Waals surface area contributed by atoms with E-state index in [0.29, 0.717) is 30.2 Å². The molecule has 0 aliphatic heterocycles. The number of nitrogens with zero attached hydrogens (tertiary/aromatic N) is 3. The summed E-state index contributed by atoms with van der Waals surface area (Å²) in [5.41, 5.74) is 1.80. The number of fused-ring (bicyclic) bond motifs is 1. The Bertz CT molecular complexity index is 1340. The lowest BCUT2D eigenvalue weighted by Crippen LogP contribution is -2.22. The molecule has 0 fully saturated rings. The summed E-state index contributed by atoms with van der Waals surface area (Å²) in [5.74, 6) is -0.655. The Labute approximate surface area is 196 Å². The number of hydrogen-bond donors (Lipinski definition) is 1. The van der Waals surface area contributed by atoms with Crippen LogP contribution in [0.3, 0.4) is 0 Å². The number of sulfonamides is 1. The van der Waals surface area contributed by atoms with Crippen molar-refractivity contribution in [1.29, 1.82) is 0 Å². The maximum atomic E-state index is 12.9. The SMILES string of the molecule is CCOCCn1c(=NC(=O)c2ccc(S(=O)(=O)N(C)C)cc2)sc2cc(NC(C)=O)ccc21. The zero-order chi connectivity index (χ0) is 24.2. The van der Waals surface area contributed by atoms with Crippen LogP contribution in [0.2, 0.25) is 0 Å². The number of rotatable bonds is 8. The second-order valence-electron chi connectivity index (χ2n) is 7.33. The lowest BCUT2D eigenvalue weighted by atomic mass is 10.2. The summed E-state index contributed by atoms with van der Waals surface area (Å²) in [5, 5.41) is 2.75. The summed E-state index contributed by atoms with van der Waals surface area (Å²) in [6.07, 6.45) is 0. The maximum Gasteiger partial charge on any atom is 0.279 e. The first-order valence-electron chi connectivity index (χ1n) is 10.2. The molecule has 3 aromatic rings. The number of benzene rings is 2. The standard InChI is InChI=1S/C22H26N4O5S2/c1-5-31-13-12-26-19-11-8-17(23-15(2)27)14-20(19)32-22(26)24-21(28)16-6-9-18(10-7-16)33(29,30)25(3)4/h6-11,14H,5,12-13H2,1-4H3,(H,23,27). The monoisotopic (exact) mass is 490 g/mol. The first-order chi connectivity index (χ1) is 15.6. The van der Waals surface area contributed by atoms with E-state index in [1.54, 1.807) is 6.07 Å². The van der Waals surface area contributed by atoms with Crippen molar-refractivity contribution in [3.63, 3.8) is 0 Å². The van der Waals surface area contributed by atoms with Crippen molar-refractivity contribution in [2.75, 3.05) is 32.6 Å². The van der Waals surface area contributed by atoms with Gasteiger partial charge < -0.3 is 14.6 Å². The Morgan fingerprint density at radius 2 is 1.85 bits per heavy atom. The van der Waals surface area contributed by atoms with Gasteiger partial charge in [0.05, 0.1) is 21.7 Å². The molecule has 0 saturated heterocycles. The van der Waals surface area contributed by atoms with E-state index in [-0.39, 0.29) is 16.4 Å². The van der Waals surface area contributed by atoms with Crippen molar-refractivity contribution < 1.29 is 22.7 Å². The van der Waals surface area contributed by atoms with Crippen molar-refractivity contribution in [1.82, 2.24) is 8.87 Å². The predicted molar refractivity (Wildman–Crippen MR) is 128 cm³/mol. The zero-order valence-electron chi connectivity index (χ0n) is 18.9. The first kappa shape index (κ1) is 24.8. The van der Waals surface area contributed by atoms with Gasteiger partial charge in [0.25, 0.3) is 5.91 Å². The molecule has 1 N–H and O–H groups in total. The molecule has 1 heterocycles. The Morgan fingerprint density at radius 3 is 2.45 bits per heavy atom. The summed E-state index contributed by atoms with van der Waals surface area (Å²) >= 11 is 1.32. The van der Waals surface area contributed by atoms with Crippen LogP contribution in [0.5, 0.6) is 0 Å². The van der Waals surface area contributed by atoms with Gasteiger partial charge in [-0.1, -0.05) is 11.3 Å². The van der Waals surface area contributed by atoms with Gasteiger partial charge in [-0.2, -0.15) is 4.99 Å². The average molecular weight is 491 g/mol. The molecule has 11 heteroatoms. The minimum atomic E-state index is -3.58. The molecular weight excluding hydrogens is 464 g/mol. The molecule has 3 rings (SSSR count). The van der Waals surface area contributed by atoms with Gasteiger partial charge in [-0.3, -0.25) is 9.59 Å². The summed E-state index contributed by atoms with van der Waals surface area (Å²) in [7, 11) is -0.686. The number of carbonyl (C=O) groups is 2. The molecule has 0 atom stereocenters. The van der Waals surface area contributed by atoms with Crippen LogP contribution in [0.25, 0.3) is 10.2 Å². The second-order valence-corrected chi connectivity index (χ2v) is 10.5. The van der Waals surface area contributed by atoms with Crippen LogP contribution in [-0.4, -0.2) is 56.4 Å². The summed E-state index contributed by atoms with van der Waals surface area (Å²) in [4.78, 5) is 29.1. The Morgan fingerprint density at radius 1 is 1.15 bits per heavy atom. The number of carbonyl (C=O) groups excluding carboxylic acids is 2. The van der Waals surface area contributed by atoms with Gasteiger partial charge in [0.1, 0.15) is 0 Å². The summed E-state index contributed by atoms with van der Waals surface area (Å²) < 4.78 is 33.8. The van der Waals surface area contributed by atoms with E-state index in [1.165, 1.54) is 56.6 Å². The van der Waals surface area contributed by atoms with Crippen molar-refractivity contribution >= 4 is 49.1 Å². The predicted octanol–water partition coefficient (Wildman–Crippen LogP) is 2.69. The summed E-state index contributed by atoms with van der Waals surface area (Å²) in [6.45, 7) is 4.87. The number of amides is 2. The van der Waals surface area contributed by atoms with Crippen molar-refractivity contribution in [3.8, 4) is 0 Å². The number of aromatic nitrogens is 1. The van der Waals surface area contributed by atoms with Gasteiger partial charge in [-0.15, -0.1) is 0 Å². The van der Waals surface area contributed by atoms with Crippen LogP contribution in [0.15, 0.2) is 52.4 Å². The van der Waals surface area contributed by atoms with E-state index in [2.05, 4.69) is 10.3 Å². The number of hydrogen-bond acceptors (Lipinski definition) is 6. The number of nitrogens with one attached hydrogen (secondary N) is 1. The fourth-order valence-electron chi connectivity index (χ4n) is 3.09. The molecule has 0 saturated carbocycles. The molecule has 0 spiro atoms. The molecule has 0 radical (unpaired) electrons. The fraction of sp³-hybridized carbons (Fsp3) is 0.318. The van der Waals surface area contributed by atoms with Crippen molar-refractivity contribution in [2.24, 2.45) is 4.99 Å². The van der Waals surface area contributed by atoms with E-state index >= 15 is 0 Å². The van der Waals surface area contributed by atoms with Crippen LogP contribution in [0.4, 0.5) is 5.69 Å². The molecule has 2 aromatic carbocycles. The minimum Gasteiger partial charge on any atom is -0.380 e. The highest BCUT2D eigenvalue weighted by Gasteiger charge is 2.17. The van der Waals surface area contributed by atoms with Gasteiger partial charge in [-0.25, -0.2) is 12.7 Å². The number of ether oxygens (including phenoxy) is 1. The fourth-order valence-corrected chi connectivity index (χ4v) is 5.08. The smallest absolute Gasteiger partial charge is 0.279 e. The third-order valence-corrected chi connectivity index (χ3v) is 7.61. The average Bonchev–Trinajstić information content (AvgIpc) is 3.09. The largest absolute Gasteiger partial charge is 0.380 e. The van der Waals surface area contributed by atoms with Gasteiger partial charge in [0, 0.05) is 45.4 Å². The van der Waals surface area contributed by atoms with Gasteiger partial charge in [-0.05, 0) is 49.4 Å². The lowest BCUT2D eigenvalue weighted by molar-refractivity contribution is -0.114. The van der Waals surface area contributed by atoms with E-state index in [9.17, 15) is 18.0 Å². The van der Waals surface area contributed by atoms with E-state index in [4.69, 9.17) is 4.74 Å². The normalized spacial score (nSPS) is 12.5. The summed E-state index contributed by atoms with van der Waals surface area (Å²) in [6, 6.07) is 11.2. The zero-order valence-corrected chi connectivity index (χ0v) is 20.5. The Balaban J connectivity index is 2.01. The van der Waals surface area contributed by atoms with Crippen LogP contribution in [0.1, 0.15) is 24.2 Å². The quantitative estimate of drug-likeness (QED) is 0.488. The first-order valence-corrected chi connectivity index (χ1v) is 12.5. The van der Waals surface area contributed by atoms with Crippen LogP contribution >= 0.6 is 11.3 Å². The minimum absolute atomic E-state index is 0.100. The Hall–Kier alpha value is -2.86. The van der Waals surface area contributed by atoms with Crippen molar-refractivity contribution in [2.45, 2.75) is 25.3 Å². The van der Waals surface area contributed by atoms with Gasteiger partial charge in [0.2, 0.25) is 15.9 Å². The van der Waals surface area contributed by atoms with Gasteiger partial charge in [0.15, 0.2) is 4.80 Å². The highest BCUT2D eigenvalue weighted by Crippen LogP contribution is 2.22. The molecule has 2 amide bonds. The molecule has 0 unspecified atom stereocenters. The molecular formula is C22H26N4O5S2. The third-order valence-electron chi connectivity index (χ3n) is 4.74. The van der Waals surface area contributed by atoms with Crippen LogP contribution < -0.4 is 10.1 Å². The van der Waals surface area contributed by atoms with E-state index in [0.717, 1.165) is 14.5 Å². The third kappa shape index (κ3) is 5.74. The van der Waals surface area contributed by atoms with Gasteiger partial charge >= 0.3 is 0 Å². The second kappa shape index (κ2) is 10.4. The topological polar surface area (TPSA) is 110 Å². The van der Waals surface area contributed by atoms with E-state index in [1.807, 2.05) is 23.6 Å². The molecule has 0 aliphatic carbocycles. The molecule has 33 heavy (non-hydrogen) atoms. The number of thiazole rings is 1. The maximum absolute atomic E-state index is 12.9. The van der Waals surface area contributed by atoms with Crippen LogP contribution in [-0.2, 0) is 26.1 Å². The van der Waals surface area contributed by atoms with Crippen molar-refractivity contribution in [3.05, 3.63) is 52.8 Å². The molecule has 1 aromatic heterocycles. The van der Waals surface area contributed by atoms with E-state index < -0.39 is 15.9 Å². The van der Waals surface area contributed by atoms with Crippen LogP contribution in [0, 0.1) is 0 Å². The molecule has 176 valence electrons. The number of anilines is 1. The molecule has 0 bridgehead atoms. The lowest BCUT2D eigenvalue weighted by Gasteiger charge is -2.11. The highest BCUT2D eigenvalue weighted by atomic mass is 32.2. The molecule has 9 nitrogen and oxygen atoms in total. The highest BCUT2D eigenvalue weighted by molar-refractivity contribution is 7.89. The Kier molecular flexibility index (Phi) is 7.80. The molecule has 0 aliphatic rings.